The molecule has 0 heterocycles. The van der Waals surface area contributed by atoms with Gasteiger partial charge in [0.2, 0.25) is 0 Å². The van der Waals surface area contributed by atoms with Gasteiger partial charge in [-0.25, -0.2) is 4.79 Å². The van der Waals surface area contributed by atoms with Gasteiger partial charge in [-0.05, 0) is 19.3 Å². The van der Waals surface area contributed by atoms with Crippen molar-refractivity contribution < 1.29 is 9.53 Å². The van der Waals surface area contributed by atoms with E-state index in [-0.39, 0.29) is 5.97 Å². The molecule has 0 aromatic rings. The molecule has 2 heteroatoms. The van der Waals surface area contributed by atoms with Gasteiger partial charge in [-0.1, -0.05) is 117 Å². The summed E-state index contributed by atoms with van der Waals surface area (Å²) in [6, 6.07) is 0. The normalized spacial score (nSPS) is 12.1. The van der Waals surface area contributed by atoms with Gasteiger partial charge >= 0.3 is 5.97 Å². The van der Waals surface area contributed by atoms with E-state index in [0.29, 0.717) is 18.1 Å². The SMILES string of the molecule is C=C(C)C(=O)OCCC(C)CCCCCCCCCCCCCCCC. The van der Waals surface area contributed by atoms with Crippen LogP contribution in [0.1, 0.15) is 124 Å². The summed E-state index contributed by atoms with van der Waals surface area (Å²) in [6.45, 7) is 10.4. The summed E-state index contributed by atoms with van der Waals surface area (Å²) >= 11 is 0. The van der Waals surface area contributed by atoms with Crippen molar-refractivity contribution in [2.75, 3.05) is 6.61 Å². The highest BCUT2D eigenvalue weighted by Gasteiger charge is 2.06. The molecule has 0 rings (SSSR count). The van der Waals surface area contributed by atoms with E-state index in [0.717, 1.165) is 6.42 Å². The van der Waals surface area contributed by atoms with Crippen molar-refractivity contribution in [3.05, 3.63) is 12.2 Å². The van der Waals surface area contributed by atoms with Crippen LogP contribution in [0.25, 0.3) is 0 Å². The molecule has 0 aliphatic carbocycles. The zero-order valence-electron chi connectivity index (χ0n) is 18.1. The second-order valence-corrected chi connectivity index (χ2v) is 8.19. The molecule has 1 unspecified atom stereocenters. The number of carbonyl (C=O) groups is 1. The first-order valence-electron chi connectivity index (χ1n) is 11.4. The molecule has 0 radical (unpaired) electrons. The van der Waals surface area contributed by atoms with E-state index in [1.807, 2.05) is 0 Å². The monoisotopic (exact) mass is 366 g/mol. The molecule has 0 N–H and O–H groups in total. The maximum atomic E-state index is 11.3. The van der Waals surface area contributed by atoms with Crippen LogP contribution in [-0.4, -0.2) is 12.6 Å². The van der Waals surface area contributed by atoms with Crippen molar-refractivity contribution in [1.82, 2.24) is 0 Å². The number of esters is 1. The Morgan fingerprint density at radius 2 is 1.19 bits per heavy atom. The van der Waals surface area contributed by atoms with Gasteiger partial charge in [0.05, 0.1) is 6.61 Å². The van der Waals surface area contributed by atoms with Gasteiger partial charge in [0.25, 0.3) is 0 Å². The number of hydrogen-bond acceptors (Lipinski definition) is 2. The summed E-state index contributed by atoms with van der Waals surface area (Å²) in [7, 11) is 0. The number of rotatable bonds is 19. The Bertz CT molecular complexity index is 335. The van der Waals surface area contributed by atoms with Crippen LogP contribution in [-0.2, 0) is 9.53 Å². The van der Waals surface area contributed by atoms with Crippen molar-refractivity contribution in [2.45, 2.75) is 124 Å². The lowest BCUT2D eigenvalue weighted by molar-refractivity contribution is -0.139. The van der Waals surface area contributed by atoms with E-state index in [1.54, 1.807) is 6.92 Å². The van der Waals surface area contributed by atoms with Gasteiger partial charge in [0.1, 0.15) is 0 Å². The van der Waals surface area contributed by atoms with E-state index in [1.165, 1.54) is 96.3 Å². The van der Waals surface area contributed by atoms with Crippen LogP contribution >= 0.6 is 0 Å². The number of ether oxygens (including phenoxy) is 1. The largest absolute Gasteiger partial charge is 0.462 e. The molecule has 2 nitrogen and oxygen atoms in total. The van der Waals surface area contributed by atoms with Gasteiger partial charge in [0, 0.05) is 5.57 Å². The molecule has 0 fully saturated rings. The topological polar surface area (TPSA) is 26.3 Å². The molecule has 0 saturated carbocycles. The highest BCUT2D eigenvalue weighted by molar-refractivity contribution is 5.86. The summed E-state index contributed by atoms with van der Waals surface area (Å²) in [5.41, 5.74) is 0.490. The number of unbranched alkanes of at least 4 members (excludes halogenated alkanes) is 13. The lowest BCUT2D eigenvalue weighted by Crippen LogP contribution is -2.09. The predicted molar refractivity (Wildman–Crippen MR) is 114 cm³/mol. The minimum atomic E-state index is -0.256. The van der Waals surface area contributed by atoms with Gasteiger partial charge in [-0.15, -0.1) is 0 Å². The number of hydrogen-bond donors (Lipinski definition) is 0. The first-order chi connectivity index (χ1) is 12.6. The van der Waals surface area contributed by atoms with Crippen molar-refractivity contribution in [1.29, 1.82) is 0 Å². The molecule has 0 aliphatic rings. The van der Waals surface area contributed by atoms with Crippen LogP contribution in [0.4, 0.5) is 0 Å². The van der Waals surface area contributed by atoms with E-state index in [4.69, 9.17) is 4.74 Å². The minimum absolute atomic E-state index is 0.256. The average molecular weight is 367 g/mol. The van der Waals surface area contributed by atoms with E-state index in [2.05, 4.69) is 20.4 Å². The van der Waals surface area contributed by atoms with Crippen molar-refractivity contribution in [3.63, 3.8) is 0 Å². The lowest BCUT2D eigenvalue weighted by Gasteiger charge is -2.11. The fourth-order valence-corrected chi connectivity index (χ4v) is 3.31. The first-order valence-corrected chi connectivity index (χ1v) is 11.4. The first kappa shape index (κ1) is 25.2. The van der Waals surface area contributed by atoms with Crippen LogP contribution in [0.5, 0.6) is 0 Å². The van der Waals surface area contributed by atoms with E-state index < -0.39 is 0 Å². The molecule has 0 amide bonds. The fraction of sp³-hybridized carbons (Fsp3) is 0.875. The van der Waals surface area contributed by atoms with E-state index in [9.17, 15) is 4.79 Å². The van der Waals surface area contributed by atoms with Gasteiger partial charge < -0.3 is 4.74 Å². The second-order valence-electron chi connectivity index (χ2n) is 8.19. The molecule has 0 spiro atoms. The molecular formula is C24H46O2. The minimum Gasteiger partial charge on any atom is -0.462 e. The van der Waals surface area contributed by atoms with E-state index >= 15 is 0 Å². The maximum Gasteiger partial charge on any atom is 0.333 e. The van der Waals surface area contributed by atoms with Crippen LogP contribution in [0.15, 0.2) is 12.2 Å². The number of carbonyl (C=O) groups excluding carboxylic acids is 1. The zero-order valence-corrected chi connectivity index (χ0v) is 18.1. The third-order valence-corrected chi connectivity index (χ3v) is 5.24. The Morgan fingerprint density at radius 1 is 0.769 bits per heavy atom. The molecule has 0 saturated heterocycles. The van der Waals surface area contributed by atoms with Gasteiger partial charge in [-0.2, -0.15) is 0 Å². The maximum absolute atomic E-state index is 11.3. The molecule has 0 aromatic carbocycles. The molecule has 0 aliphatic heterocycles. The predicted octanol–water partition coefficient (Wildman–Crippen LogP) is 8.00. The third-order valence-electron chi connectivity index (χ3n) is 5.24. The summed E-state index contributed by atoms with van der Waals surface area (Å²) in [4.78, 5) is 11.3. The van der Waals surface area contributed by atoms with Gasteiger partial charge in [-0.3, -0.25) is 0 Å². The lowest BCUT2D eigenvalue weighted by atomic mass is 9.99. The average Bonchev–Trinajstić information content (AvgIpc) is 2.61. The highest BCUT2D eigenvalue weighted by Crippen LogP contribution is 2.16. The Kier molecular flexibility index (Phi) is 18.4. The molecular weight excluding hydrogens is 320 g/mol. The fourth-order valence-electron chi connectivity index (χ4n) is 3.31. The summed E-state index contributed by atoms with van der Waals surface area (Å²) in [6.07, 6.45) is 22.0. The van der Waals surface area contributed by atoms with Crippen molar-refractivity contribution in [3.8, 4) is 0 Å². The molecule has 1 atom stereocenters. The molecule has 0 bridgehead atoms. The Labute approximate surface area is 164 Å². The van der Waals surface area contributed by atoms with Crippen molar-refractivity contribution >= 4 is 5.97 Å². The second kappa shape index (κ2) is 19.0. The van der Waals surface area contributed by atoms with Crippen LogP contribution in [0, 0.1) is 5.92 Å². The third kappa shape index (κ3) is 18.0. The summed E-state index contributed by atoms with van der Waals surface area (Å²) in [5.74, 6) is 0.388. The molecule has 154 valence electrons. The molecule has 26 heavy (non-hydrogen) atoms. The highest BCUT2D eigenvalue weighted by atomic mass is 16.5. The van der Waals surface area contributed by atoms with Gasteiger partial charge in [0.15, 0.2) is 0 Å². The van der Waals surface area contributed by atoms with Crippen LogP contribution in [0.3, 0.4) is 0 Å². The van der Waals surface area contributed by atoms with Crippen LogP contribution in [0.2, 0.25) is 0 Å². The summed E-state index contributed by atoms with van der Waals surface area (Å²) in [5, 5.41) is 0. The smallest absolute Gasteiger partial charge is 0.333 e. The Balaban J connectivity index is 3.21. The van der Waals surface area contributed by atoms with Crippen molar-refractivity contribution in [2.24, 2.45) is 5.92 Å². The zero-order chi connectivity index (χ0) is 19.5. The standard InChI is InChI=1S/C24H46O2/c1-5-6-7-8-9-10-11-12-13-14-15-16-17-18-19-23(4)20-21-26-24(25)22(2)3/h23H,2,5-21H2,1,3-4H3. The molecule has 0 aromatic heterocycles. The summed E-state index contributed by atoms with van der Waals surface area (Å²) < 4.78 is 5.16. The quantitative estimate of drug-likeness (QED) is 0.131. The Hall–Kier alpha value is -0.790. The van der Waals surface area contributed by atoms with Crippen LogP contribution < -0.4 is 0 Å². The Morgan fingerprint density at radius 3 is 1.62 bits per heavy atom.